The highest BCUT2D eigenvalue weighted by Crippen LogP contribution is 2.36. The van der Waals surface area contributed by atoms with E-state index in [9.17, 15) is 9.59 Å². The molecule has 10 heteroatoms. The fourth-order valence-electron chi connectivity index (χ4n) is 3.24. The largest absolute Gasteiger partial charge is 0.516 e. The number of alkyl carbamates (subject to hydrolysis) is 1. The Hall–Kier alpha value is -2.07. The van der Waals surface area contributed by atoms with Crippen LogP contribution in [-0.4, -0.2) is 63.8 Å². The van der Waals surface area contributed by atoms with Crippen molar-refractivity contribution in [3.05, 3.63) is 11.8 Å². The first-order chi connectivity index (χ1) is 13.2. The fourth-order valence-corrected chi connectivity index (χ4v) is 3.24. The highest BCUT2D eigenvalue weighted by Gasteiger charge is 2.53. The van der Waals surface area contributed by atoms with E-state index in [-0.39, 0.29) is 18.6 Å². The second-order valence-electron chi connectivity index (χ2n) is 9.70. The summed E-state index contributed by atoms with van der Waals surface area (Å²) in [5, 5.41) is 7.22. The van der Waals surface area contributed by atoms with Gasteiger partial charge in [0.25, 0.3) is 5.91 Å². The molecule has 1 aromatic heterocycles. The third kappa shape index (κ3) is 4.28. The number of aromatic nitrogens is 2. The Bertz CT molecular complexity index is 798. The maximum atomic E-state index is 12.9. The van der Waals surface area contributed by atoms with Crippen molar-refractivity contribution >= 4 is 24.7 Å². The van der Waals surface area contributed by atoms with Crippen molar-refractivity contribution in [3.63, 3.8) is 0 Å². The number of amides is 2. The first-order valence-corrected chi connectivity index (χ1v) is 9.91. The highest BCUT2D eigenvalue weighted by molar-refractivity contribution is 6.61. The highest BCUT2D eigenvalue weighted by atomic mass is 16.7. The standard InChI is InChI=1S/C19H31BN4O5/c1-12-10-23(11-21-16(26)27-17(2,3)4)15(25)13-9-14(22-24(12)13)20-28-18(5,6)19(7,8)29-20/h9,12H,10-11H2,1-8H3,(H,21,26). The third-order valence-electron chi connectivity index (χ3n) is 5.47. The number of carbonyl (C=O) groups excluding carboxylic acids is 2. The molecular weight excluding hydrogens is 375 g/mol. The van der Waals surface area contributed by atoms with Crippen molar-refractivity contribution in [2.45, 2.75) is 78.2 Å². The summed E-state index contributed by atoms with van der Waals surface area (Å²) in [7, 11) is -0.633. The normalized spacial score (nSPS) is 23.2. The molecule has 1 saturated heterocycles. The Labute approximate surface area is 172 Å². The maximum Gasteiger partial charge on any atom is 0.516 e. The summed E-state index contributed by atoms with van der Waals surface area (Å²) in [5.41, 5.74) is -0.554. The molecule has 29 heavy (non-hydrogen) atoms. The smallest absolute Gasteiger partial charge is 0.444 e. The van der Waals surface area contributed by atoms with Crippen LogP contribution in [-0.2, 0) is 14.0 Å². The predicted molar refractivity (Wildman–Crippen MR) is 108 cm³/mol. The molecule has 0 saturated carbocycles. The number of nitrogens with one attached hydrogen (secondary N) is 1. The summed E-state index contributed by atoms with van der Waals surface area (Å²) >= 11 is 0. The second-order valence-corrected chi connectivity index (χ2v) is 9.70. The molecule has 3 heterocycles. The fraction of sp³-hybridized carbons (Fsp3) is 0.737. The van der Waals surface area contributed by atoms with E-state index < -0.39 is 30.0 Å². The van der Waals surface area contributed by atoms with Crippen molar-refractivity contribution in [3.8, 4) is 0 Å². The molecule has 0 aliphatic carbocycles. The van der Waals surface area contributed by atoms with Crippen molar-refractivity contribution in [2.75, 3.05) is 13.2 Å². The van der Waals surface area contributed by atoms with Crippen LogP contribution in [0, 0.1) is 0 Å². The van der Waals surface area contributed by atoms with Crippen molar-refractivity contribution < 1.29 is 23.6 Å². The molecule has 160 valence electrons. The minimum atomic E-state index is -0.633. The number of fused-ring (bicyclic) bond motifs is 1. The molecule has 2 aliphatic rings. The molecular formula is C19H31BN4O5. The van der Waals surface area contributed by atoms with E-state index in [2.05, 4.69) is 10.4 Å². The summed E-state index contributed by atoms with van der Waals surface area (Å²) in [4.78, 5) is 26.4. The van der Waals surface area contributed by atoms with Gasteiger partial charge in [0.15, 0.2) is 0 Å². The van der Waals surface area contributed by atoms with Crippen LogP contribution < -0.4 is 10.9 Å². The van der Waals surface area contributed by atoms with Crippen LogP contribution in [0.15, 0.2) is 6.07 Å². The number of nitrogens with zero attached hydrogens (tertiary/aromatic N) is 3. The quantitative estimate of drug-likeness (QED) is 0.768. The predicted octanol–water partition coefficient (Wildman–Crippen LogP) is 1.68. The number of carbonyl (C=O) groups is 2. The second kappa shape index (κ2) is 7.02. The summed E-state index contributed by atoms with van der Waals surface area (Å²) in [6, 6.07) is 1.65. The third-order valence-corrected chi connectivity index (χ3v) is 5.47. The first kappa shape index (κ1) is 21.6. The van der Waals surface area contributed by atoms with E-state index in [0.717, 1.165) is 0 Å². The maximum absolute atomic E-state index is 12.9. The molecule has 0 aromatic carbocycles. The Morgan fingerprint density at radius 1 is 1.31 bits per heavy atom. The van der Waals surface area contributed by atoms with Gasteiger partial charge in [-0.15, -0.1) is 0 Å². The zero-order valence-corrected chi connectivity index (χ0v) is 18.5. The Kier molecular flexibility index (Phi) is 5.24. The summed E-state index contributed by atoms with van der Waals surface area (Å²) in [5.74, 6) is -0.213. The van der Waals surface area contributed by atoms with Crippen molar-refractivity contribution in [1.29, 1.82) is 0 Å². The average Bonchev–Trinajstić information content (AvgIpc) is 3.08. The van der Waals surface area contributed by atoms with E-state index in [4.69, 9.17) is 14.0 Å². The van der Waals surface area contributed by atoms with Crippen LogP contribution in [0.25, 0.3) is 0 Å². The van der Waals surface area contributed by atoms with Gasteiger partial charge in [0.1, 0.15) is 11.3 Å². The molecule has 0 bridgehead atoms. The zero-order valence-electron chi connectivity index (χ0n) is 18.5. The van der Waals surface area contributed by atoms with Crippen LogP contribution in [0.3, 0.4) is 0 Å². The molecule has 0 radical (unpaired) electrons. The van der Waals surface area contributed by atoms with Crippen LogP contribution >= 0.6 is 0 Å². The number of hydrogen-bond acceptors (Lipinski definition) is 6. The molecule has 3 rings (SSSR count). The molecule has 2 aliphatic heterocycles. The summed E-state index contributed by atoms with van der Waals surface area (Å²) in [6.07, 6.45) is -0.560. The van der Waals surface area contributed by atoms with Gasteiger partial charge in [0, 0.05) is 6.54 Å². The molecule has 9 nitrogen and oxygen atoms in total. The van der Waals surface area contributed by atoms with Gasteiger partial charge >= 0.3 is 13.2 Å². The molecule has 1 atom stereocenters. The van der Waals surface area contributed by atoms with E-state index in [1.54, 1.807) is 36.4 Å². The molecule has 1 aromatic rings. The van der Waals surface area contributed by atoms with Gasteiger partial charge in [-0.05, 0) is 61.5 Å². The molecule has 2 amide bonds. The number of rotatable bonds is 3. The minimum absolute atomic E-state index is 0.0562. The Balaban J connectivity index is 1.73. The topological polar surface area (TPSA) is 94.9 Å². The molecule has 0 spiro atoms. The van der Waals surface area contributed by atoms with Gasteiger partial charge in [-0.1, -0.05) is 0 Å². The van der Waals surface area contributed by atoms with Crippen molar-refractivity contribution in [2.24, 2.45) is 0 Å². The summed E-state index contributed by atoms with van der Waals surface area (Å²) < 4.78 is 19.0. The van der Waals surface area contributed by atoms with E-state index in [1.807, 2.05) is 34.6 Å². The van der Waals surface area contributed by atoms with Gasteiger partial charge < -0.3 is 24.3 Å². The SMILES string of the molecule is CC1CN(CNC(=O)OC(C)(C)C)C(=O)c2cc(B3OC(C)(C)C(C)(C)O3)nn21. The van der Waals surface area contributed by atoms with E-state index in [1.165, 1.54) is 0 Å². The molecule has 1 fully saturated rings. The minimum Gasteiger partial charge on any atom is -0.444 e. The zero-order chi connectivity index (χ0) is 21.8. The lowest BCUT2D eigenvalue weighted by Gasteiger charge is -2.32. The van der Waals surface area contributed by atoms with Gasteiger partial charge in [-0.3, -0.25) is 9.48 Å². The van der Waals surface area contributed by atoms with E-state index >= 15 is 0 Å². The summed E-state index contributed by atoms with van der Waals surface area (Å²) in [6.45, 7) is 15.7. The van der Waals surface area contributed by atoms with Gasteiger partial charge in [0.05, 0.1) is 29.5 Å². The van der Waals surface area contributed by atoms with E-state index in [0.29, 0.717) is 17.8 Å². The molecule has 1 unspecified atom stereocenters. The van der Waals surface area contributed by atoms with Crippen LogP contribution in [0.5, 0.6) is 0 Å². The first-order valence-electron chi connectivity index (χ1n) is 9.91. The number of ether oxygens (including phenoxy) is 1. The van der Waals surface area contributed by atoms with Crippen LogP contribution in [0.4, 0.5) is 4.79 Å². The Morgan fingerprint density at radius 2 is 1.90 bits per heavy atom. The average molecular weight is 406 g/mol. The van der Waals surface area contributed by atoms with Crippen molar-refractivity contribution in [1.82, 2.24) is 20.0 Å². The van der Waals surface area contributed by atoms with Crippen LogP contribution in [0.2, 0.25) is 0 Å². The molecule has 1 N–H and O–H groups in total. The monoisotopic (exact) mass is 406 g/mol. The van der Waals surface area contributed by atoms with Gasteiger partial charge in [-0.2, -0.15) is 5.10 Å². The lowest BCUT2D eigenvalue weighted by Crippen LogP contribution is -2.48. The lowest BCUT2D eigenvalue weighted by atomic mass is 9.85. The van der Waals surface area contributed by atoms with Gasteiger partial charge in [-0.25, -0.2) is 4.79 Å². The Morgan fingerprint density at radius 3 is 2.45 bits per heavy atom. The lowest BCUT2D eigenvalue weighted by molar-refractivity contribution is 0.00578. The van der Waals surface area contributed by atoms with Crippen LogP contribution in [0.1, 0.15) is 71.9 Å². The van der Waals surface area contributed by atoms with Gasteiger partial charge in [0.2, 0.25) is 0 Å². The number of hydrogen-bond donors (Lipinski definition) is 1.